The third-order valence-electron chi connectivity index (χ3n) is 29.1. The number of carbonyl (C=O) groups excluding carboxylic acids is 8. The van der Waals surface area contributed by atoms with Gasteiger partial charge in [-0.15, -0.1) is 0 Å². The second kappa shape index (κ2) is 48.7. The molecule has 5 amide bonds. The fourth-order valence-corrected chi connectivity index (χ4v) is 25.6. The normalized spacial score (nSPS) is 18.2. The quantitative estimate of drug-likeness (QED) is 0.0316. The summed E-state index contributed by atoms with van der Waals surface area (Å²) in [5, 5.41) is 11.8. The Morgan fingerprint density at radius 3 is 1.09 bits per heavy atom. The summed E-state index contributed by atoms with van der Waals surface area (Å²) in [6, 6.07) is 53.4. The number of rotatable bonds is 29. The molecule has 19 rings (SSSR count). The first-order chi connectivity index (χ1) is 68.8. The van der Waals surface area contributed by atoms with E-state index in [4.69, 9.17) is 4.74 Å². The van der Waals surface area contributed by atoms with E-state index < -0.39 is 30.1 Å². The van der Waals surface area contributed by atoms with Crippen LogP contribution in [-0.4, -0.2) is 261 Å². The Hall–Kier alpha value is -11.5. The molecule has 0 bridgehead atoms. The van der Waals surface area contributed by atoms with E-state index in [1.807, 2.05) is 23.1 Å². The number of amides is 5. The molecule has 8 aromatic rings. The minimum Gasteiger partial charge on any atom is -0.496 e. The molecule has 4 fully saturated rings. The molecule has 31 heteroatoms. The van der Waals surface area contributed by atoms with E-state index >= 15 is 0 Å². The topological polar surface area (TPSA) is 325 Å². The highest BCUT2D eigenvalue weighted by atomic mass is 32.2. The van der Waals surface area contributed by atoms with Gasteiger partial charge in [-0.05, 0) is 249 Å². The van der Waals surface area contributed by atoms with Crippen LogP contribution < -0.4 is 30.9 Å². The molecule has 4 saturated heterocycles. The van der Waals surface area contributed by atoms with E-state index in [0.29, 0.717) is 117 Å². The van der Waals surface area contributed by atoms with Crippen molar-refractivity contribution in [3.63, 3.8) is 0 Å². The van der Waals surface area contributed by atoms with E-state index in [-0.39, 0.29) is 97.6 Å². The monoisotopic (exact) mass is 1990 g/mol. The predicted octanol–water partition coefficient (Wildman–Crippen LogP) is 11.7. The minimum absolute atomic E-state index is 0.0649. The van der Waals surface area contributed by atoms with Gasteiger partial charge in [-0.25, -0.2) is 25.3 Å². The lowest BCUT2D eigenvalue weighted by atomic mass is 9.89. The van der Waals surface area contributed by atoms with E-state index in [2.05, 4.69) is 138 Å². The van der Waals surface area contributed by atoms with Crippen LogP contribution in [-0.2, 0) is 135 Å². The molecule has 4 N–H and O–H groups in total. The first-order valence-corrected chi connectivity index (χ1v) is 55.2. The molecule has 3 aliphatic carbocycles. The third kappa shape index (κ3) is 26.2. The molecule has 142 heavy (non-hydrogen) atoms. The van der Waals surface area contributed by atoms with Gasteiger partial charge in [-0.2, -0.15) is 12.9 Å². The summed E-state index contributed by atoms with van der Waals surface area (Å²) in [5.41, 5.74) is 17.2. The number of nitrogens with zero attached hydrogens (tertiary/aromatic N) is 9. The number of benzene rings is 8. The molecule has 752 valence electrons. The van der Waals surface area contributed by atoms with Gasteiger partial charge in [-0.3, -0.25) is 53.1 Å². The highest BCUT2D eigenvalue weighted by Gasteiger charge is 2.36. The smallest absolute Gasteiger partial charge is 0.252 e. The number of hydrogen-bond acceptors (Lipinski definition) is 20. The van der Waals surface area contributed by atoms with E-state index in [1.54, 1.807) is 78.1 Å². The van der Waals surface area contributed by atoms with Crippen molar-refractivity contribution < 1.29 is 68.3 Å². The summed E-state index contributed by atoms with van der Waals surface area (Å²) in [6.07, 6.45) is 21.2. The van der Waals surface area contributed by atoms with Crippen molar-refractivity contribution in [1.82, 2.24) is 58.7 Å². The Morgan fingerprint density at radius 2 is 0.697 bits per heavy atom. The largest absolute Gasteiger partial charge is 0.496 e. The standard InChI is InChI=1S/C29H35N3O4S.C28H33N3O4S.C27H36N4O3.C27H31N3O4S/c33-25-18-23-10-11-26(37(35,36)32-15-5-1-2-6-16-32)20-27(23)28(19-25)29(34)30-13-7-14-31-17-12-22-8-3-4-9-24(22)21-31;32-24-17-22-9-10-25(36(34,35)31-14-4-1-5-15-31)19-26(22)27(18-24)28(33)29-12-6-13-30-16-11-21-7-2-3-8-23(21)20-30;1-29-16-18-30(19-17-29)24-11-12-25(34-2)22-13-15-31(20-23(22)24)26(32)10-6-7-14-28-27(33)21-8-4-3-5-9-21;31-23-16-21-8-9-24(35(33,34)30-13-3-4-14-30)18-25(21)26(17-23)27(32)28-11-5-12-29-15-10-20-6-1-2-7-22(20)19-29/h3-4,8-11,19-20H,1-2,5-7,12-18,21H2,(H,30,34);2-3,7-10,18-19H,1,4-6,11-17,20H2,(H,29,33);3-5,8-9,11-12H,6-7,10,13-20H2,1-2H3,(H,28,33);1-2,6-9,17-18H,3-5,10-16,19H2,(H,28,32). The van der Waals surface area contributed by atoms with Crippen LogP contribution in [0.15, 0.2) is 203 Å². The lowest BCUT2D eigenvalue weighted by Crippen LogP contribution is -2.45. The molecule has 8 aliphatic heterocycles. The molecule has 11 aliphatic rings. The molecule has 0 saturated carbocycles. The number of sulfonamides is 3. The lowest BCUT2D eigenvalue weighted by molar-refractivity contribution is -0.132. The number of fused-ring (bicyclic) bond motifs is 7. The average Bonchev–Trinajstić information content (AvgIpc) is 1.02. The van der Waals surface area contributed by atoms with E-state index in [9.17, 15) is 63.6 Å². The van der Waals surface area contributed by atoms with Crippen molar-refractivity contribution in [2.24, 2.45) is 0 Å². The van der Waals surface area contributed by atoms with E-state index in [1.165, 1.54) is 77.0 Å². The number of nitrogens with one attached hydrogen (secondary N) is 4. The fraction of sp³-hybridized carbons (Fsp3) is 0.441. The number of piperidine rings is 1. The van der Waals surface area contributed by atoms with Crippen LogP contribution in [0.25, 0.3) is 16.7 Å². The molecule has 0 unspecified atom stereocenters. The number of carbonyl (C=O) groups is 8. The minimum atomic E-state index is -3.65. The van der Waals surface area contributed by atoms with Crippen LogP contribution in [0, 0.1) is 0 Å². The molecule has 28 nitrogen and oxygen atoms in total. The zero-order valence-electron chi connectivity index (χ0n) is 82.0. The molecule has 0 atom stereocenters. The van der Waals surface area contributed by atoms with Gasteiger partial charge in [0.25, 0.3) is 23.6 Å². The van der Waals surface area contributed by atoms with Crippen LogP contribution in [0.5, 0.6) is 5.75 Å². The van der Waals surface area contributed by atoms with Gasteiger partial charge in [0, 0.05) is 212 Å². The number of piperazine rings is 1. The van der Waals surface area contributed by atoms with Crippen molar-refractivity contribution in [1.29, 1.82) is 0 Å². The maximum atomic E-state index is 13.3. The number of ketones is 3. The Morgan fingerprint density at radius 1 is 0.338 bits per heavy atom. The summed E-state index contributed by atoms with van der Waals surface area (Å²) in [5.74, 6) is -0.391. The fourth-order valence-electron chi connectivity index (χ4n) is 21.0. The molecule has 0 radical (unpaired) electrons. The number of hydrogen-bond donors (Lipinski definition) is 4. The predicted molar refractivity (Wildman–Crippen MR) is 551 cm³/mol. The molecule has 0 aromatic heterocycles. The summed E-state index contributed by atoms with van der Waals surface area (Å²) in [6.45, 7) is 19.0. The Kier molecular flexibility index (Phi) is 35.5. The van der Waals surface area contributed by atoms with Gasteiger partial charge in [0.1, 0.15) is 5.75 Å². The average molecular weight is 1990 g/mol. The maximum Gasteiger partial charge on any atom is 0.252 e. The van der Waals surface area contributed by atoms with Crippen LogP contribution in [0.1, 0.15) is 185 Å². The molecule has 0 spiro atoms. The van der Waals surface area contributed by atoms with Gasteiger partial charge in [0.15, 0.2) is 17.3 Å². The van der Waals surface area contributed by atoms with Crippen molar-refractivity contribution in [2.75, 3.05) is 156 Å². The Bertz CT molecular complexity index is 6400. The van der Waals surface area contributed by atoms with Crippen molar-refractivity contribution in [3.05, 3.63) is 272 Å². The molecular weight excluding hydrogens is 1850 g/mol. The second-order valence-electron chi connectivity index (χ2n) is 38.8. The van der Waals surface area contributed by atoms with Crippen LogP contribution in [0.2, 0.25) is 0 Å². The SMILES string of the molecule is COc1ccc(N2CCN(C)CC2)c2c1CCN(C(=O)CCCCNC(=O)c1ccccc1)C2.O=C1C=C(C(=O)NCCCN2CCc3ccccc3C2)c2cc(S(=O)(=O)N3CCCC3)ccc2C1.O=C1C=C(C(=O)NCCCN2CCc3ccccc3C2)c2cc(S(=O)(=O)N3CCCCC3)ccc2C1.O=C1C=C(C(=O)NCCCN2CCc3ccccc3C2)c2cc(S(=O)(=O)N3CCCCCC3)ccc2C1. The number of unbranched alkanes of at least 4 members (excludes halogenated alkanes) is 1. The Labute approximate surface area is 836 Å². The summed E-state index contributed by atoms with van der Waals surface area (Å²) >= 11 is 0. The third-order valence-corrected chi connectivity index (χ3v) is 34.7. The molecule has 8 heterocycles. The first kappa shape index (κ1) is 103. The summed E-state index contributed by atoms with van der Waals surface area (Å²) in [4.78, 5) is 116. The first-order valence-electron chi connectivity index (χ1n) is 50.9. The zero-order valence-corrected chi connectivity index (χ0v) is 84.5. The molecule has 8 aromatic carbocycles. The van der Waals surface area contributed by atoms with Crippen LogP contribution in [0.3, 0.4) is 0 Å². The summed E-state index contributed by atoms with van der Waals surface area (Å²) in [7, 11) is -7.00. The van der Waals surface area contributed by atoms with Crippen molar-refractivity contribution in [3.8, 4) is 5.75 Å². The second-order valence-corrected chi connectivity index (χ2v) is 44.7. The van der Waals surface area contributed by atoms with Gasteiger partial charge < -0.3 is 40.7 Å². The highest BCUT2D eigenvalue weighted by molar-refractivity contribution is 7.89. The lowest BCUT2D eigenvalue weighted by Gasteiger charge is -2.38. The zero-order chi connectivity index (χ0) is 99.3. The van der Waals surface area contributed by atoms with Crippen LogP contribution in [0.4, 0.5) is 5.69 Å². The van der Waals surface area contributed by atoms with Crippen molar-refractivity contribution in [2.45, 2.75) is 182 Å². The van der Waals surface area contributed by atoms with E-state index in [0.717, 1.165) is 213 Å². The van der Waals surface area contributed by atoms with Gasteiger partial charge in [0.2, 0.25) is 36.0 Å². The number of allylic oxidation sites excluding steroid dienone is 3. The molecular formula is C111H135N13O15S3. The number of likely N-dealkylation sites (N-methyl/N-ethyl adjacent to an activating group) is 1. The number of anilines is 1. The highest BCUT2D eigenvalue weighted by Crippen LogP contribution is 2.39. The van der Waals surface area contributed by atoms with Crippen LogP contribution >= 0.6 is 0 Å². The number of methoxy groups -OCH3 is 1. The Balaban J connectivity index is 0.000000136. The van der Waals surface area contributed by atoms with Gasteiger partial charge in [0.05, 0.1) is 38.5 Å². The number of ether oxygens (including phenoxy) is 1. The van der Waals surface area contributed by atoms with Gasteiger partial charge >= 0.3 is 0 Å². The van der Waals surface area contributed by atoms with Crippen molar-refractivity contribution >= 4 is 99.4 Å². The van der Waals surface area contributed by atoms with Gasteiger partial charge in [-0.1, -0.05) is 128 Å². The summed E-state index contributed by atoms with van der Waals surface area (Å²) < 4.78 is 89.3. The maximum absolute atomic E-state index is 13.3.